The Kier molecular flexibility index (Phi) is 10.0. The number of likely N-dealkylation sites (N-methyl/N-ethyl adjacent to an activating group) is 1. The van der Waals surface area contributed by atoms with Crippen LogP contribution in [0.5, 0.6) is 0 Å². The smallest absolute Gasteiger partial charge is 0.191 e. The SMILES string of the molecule is CCNC(=NCc1ccnc(N2CCN(CC)CC2)c1)NCc1cccs1.I. The fourth-order valence-electron chi connectivity index (χ4n) is 3.12. The van der Waals surface area contributed by atoms with Gasteiger partial charge in [0.25, 0.3) is 0 Å². The topological polar surface area (TPSA) is 55.8 Å². The van der Waals surface area contributed by atoms with Crippen LogP contribution in [0.2, 0.25) is 0 Å². The van der Waals surface area contributed by atoms with Crippen LogP contribution in [0.1, 0.15) is 24.3 Å². The number of rotatable bonds is 7. The van der Waals surface area contributed by atoms with Crippen molar-refractivity contribution in [2.24, 2.45) is 4.99 Å². The van der Waals surface area contributed by atoms with E-state index in [1.165, 1.54) is 10.4 Å². The molecule has 0 saturated carbocycles. The van der Waals surface area contributed by atoms with Crippen molar-refractivity contribution in [1.82, 2.24) is 20.5 Å². The molecule has 1 aliphatic heterocycles. The van der Waals surface area contributed by atoms with E-state index in [9.17, 15) is 0 Å². The lowest BCUT2D eigenvalue weighted by molar-refractivity contribution is 0.270. The van der Waals surface area contributed by atoms with Crippen molar-refractivity contribution >= 4 is 47.1 Å². The summed E-state index contributed by atoms with van der Waals surface area (Å²) in [5.74, 6) is 1.91. The first-order valence-corrected chi connectivity index (χ1v) is 10.6. The number of guanidine groups is 1. The summed E-state index contributed by atoms with van der Waals surface area (Å²) in [7, 11) is 0. The molecule has 0 atom stereocenters. The summed E-state index contributed by atoms with van der Waals surface area (Å²) in [6, 6.07) is 8.44. The van der Waals surface area contributed by atoms with Crippen LogP contribution in [0.15, 0.2) is 40.8 Å². The highest BCUT2D eigenvalue weighted by atomic mass is 127. The van der Waals surface area contributed by atoms with Crippen LogP contribution in [0, 0.1) is 0 Å². The molecule has 0 aliphatic carbocycles. The van der Waals surface area contributed by atoms with E-state index < -0.39 is 0 Å². The van der Waals surface area contributed by atoms with Gasteiger partial charge in [-0.05, 0) is 42.6 Å². The molecule has 28 heavy (non-hydrogen) atoms. The number of aliphatic imine (C=N–C) groups is 1. The van der Waals surface area contributed by atoms with Crippen molar-refractivity contribution in [2.45, 2.75) is 26.9 Å². The molecular formula is C20H31IN6S. The number of hydrogen-bond acceptors (Lipinski definition) is 5. The van der Waals surface area contributed by atoms with Crippen molar-refractivity contribution in [1.29, 1.82) is 0 Å². The summed E-state index contributed by atoms with van der Waals surface area (Å²) in [4.78, 5) is 15.5. The fraction of sp³-hybridized carbons (Fsp3) is 0.500. The summed E-state index contributed by atoms with van der Waals surface area (Å²) in [6.07, 6.45) is 1.90. The van der Waals surface area contributed by atoms with Crippen LogP contribution in [-0.2, 0) is 13.1 Å². The maximum absolute atomic E-state index is 4.74. The second-order valence-corrected chi connectivity index (χ2v) is 7.60. The molecule has 6 nitrogen and oxygen atoms in total. The lowest BCUT2D eigenvalue weighted by Gasteiger charge is -2.34. The van der Waals surface area contributed by atoms with E-state index in [2.05, 4.69) is 68.9 Å². The van der Waals surface area contributed by atoms with Crippen LogP contribution in [-0.4, -0.2) is 55.1 Å². The predicted octanol–water partition coefficient (Wildman–Crippen LogP) is 3.16. The Balaban J connectivity index is 0.00000280. The normalized spacial score (nSPS) is 15.2. The zero-order valence-corrected chi connectivity index (χ0v) is 19.9. The minimum Gasteiger partial charge on any atom is -0.357 e. The Morgan fingerprint density at radius 3 is 2.68 bits per heavy atom. The summed E-state index contributed by atoms with van der Waals surface area (Å²) in [6.45, 7) is 12.0. The molecule has 1 aliphatic rings. The van der Waals surface area contributed by atoms with Crippen molar-refractivity contribution in [3.8, 4) is 0 Å². The molecular weight excluding hydrogens is 483 g/mol. The van der Waals surface area contributed by atoms with Crippen LogP contribution in [0.4, 0.5) is 5.82 Å². The van der Waals surface area contributed by atoms with Gasteiger partial charge in [0.1, 0.15) is 5.82 Å². The molecule has 2 N–H and O–H groups in total. The van der Waals surface area contributed by atoms with Gasteiger partial charge in [0, 0.05) is 43.8 Å². The van der Waals surface area contributed by atoms with Gasteiger partial charge < -0.3 is 20.4 Å². The van der Waals surface area contributed by atoms with Gasteiger partial charge in [-0.15, -0.1) is 35.3 Å². The van der Waals surface area contributed by atoms with Crippen molar-refractivity contribution in [2.75, 3.05) is 44.2 Å². The molecule has 0 aromatic carbocycles. The monoisotopic (exact) mass is 514 g/mol. The highest BCUT2D eigenvalue weighted by molar-refractivity contribution is 14.0. The first-order valence-electron chi connectivity index (χ1n) is 9.75. The quantitative estimate of drug-likeness (QED) is 0.338. The van der Waals surface area contributed by atoms with E-state index in [1.807, 2.05) is 6.20 Å². The average molecular weight is 514 g/mol. The lowest BCUT2D eigenvalue weighted by atomic mass is 10.2. The molecule has 0 bridgehead atoms. The molecule has 0 radical (unpaired) electrons. The zero-order chi connectivity index (χ0) is 18.9. The van der Waals surface area contributed by atoms with Gasteiger partial charge >= 0.3 is 0 Å². The summed E-state index contributed by atoms with van der Waals surface area (Å²) >= 11 is 1.75. The van der Waals surface area contributed by atoms with Crippen molar-refractivity contribution in [3.05, 3.63) is 46.3 Å². The molecule has 3 heterocycles. The molecule has 8 heteroatoms. The molecule has 2 aromatic rings. The number of aromatic nitrogens is 1. The van der Waals surface area contributed by atoms with E-state index in [0.717, 1.165) is 57.6 Å². The highest BCUT2D eigenvalue weighted by Crippen LogP contribution is 2.15. The largest absolute Gasteiger partial charge is 0.357 e. The van der Waals surface area contributed by atoms with Crippen molar-refractivity contribution < 1.29 is 0 Å². The van der Waals surface area contributed by atoms with Gasteiger partial charge in [0.2, 0.25) is 0 Å². The van der Waals surface area contributed by atoms with Gasteiger partial charge in [0.05, 0.1) is 13.1 Å². The molecule has 154 valence electrons. The maximum Gasteiger partial charge on any atom is 0.191 e. The van der Waals surface area contributed by atoms with Crippen LogP contribution >= 0.6 is 35.3 Å². The van der Waals surface area contributed by atoms with Crippen LogP contribution in [0.3, 0.4) is 0 Å². The number of hydrogen-bond donors (Lipinski definition) is 2. The number of pyridine rings is 1. The maximum atomic E-state index is 4.74. The fourth-order valence-corrected chi connectivity index (χ4v) is 3.77. The van der Waals surface area contributed by atoms with E-state index in [4.69, 9.17) is 4.99 Å². The molecule has 2 aromatic heterocycles. The van der Waals surface area contributed by atoms with Crippen molar-refractivity contribution in [3.63, 3.8) is 0 Å². The number of nitrogens with one attached hydrogen (secondary N) is 2. The van der Waals surface area contributed by atoms with E-state index in [1.54, 1.807) is 11.3 Å². The molecule has 3 rings (SSSR count). The minimum atomic E-state index is 0. The predicted molar refractivity (Wildman–Crippen MR) is 130 cm³/mol. The number of anilines is 1. The van der Waals surface area contributed by atoms with E-state index >= 15 is 0 Å². The summed E-state index contributed by atoms with van der Waals surface area (Å²) < 4.78 is 0. The molecule has 0 spiro atoms. The Hall–Kier alpha value is -1.39. The Bertz CT molecular complexity index is 713. The van der Waals surface area contributed by atoms with Gasteiger partial charge in [0.15, 0.2) is 5.96 Å². The summed E-state index contributed by atoms with van der Waals surface area (Å²) in [5, 5.41) is 8.81. The first kappa shape index (κ1) is 22.9. The Labute approximate surface area is 189 Å². The van der Waals surface area contributed by atoms with Crippen LogP contribution < -0.4 is 15.5 Å². The third kappa shape index (κ3) is 6.89. The minimum absolute atomic E-state index is 0. The van der Waals surface area contributed by atoms with E-state index in [0.29, 0.717) is 6.54 Å². The first-order chi connectivity index (χ1) is 13.3. The van der Waals surface area contributed by atoms with Gasteiger partial charge in [-0.25, -0.2) is 9.98 Å². The summed E-state index contributed by atoms with van der Waals surface area (Å²) in [5.41, 5.74) is 1.19. The number of piperazine rings is 1. The zero-order valence-electron chi connectivity index (χ0n) is 16.7. The highest BCUT2D eigenvalue weighted by Gasteiger charge is 2.16. The molecule has 1 saturated heterocycles. The van der Waals surface area contributed by atoms with Gasteiger partial charge in [-0.1, -0.05) is 13.0 Å². The average Bonchev–Trinajstić information content (AvgIpc) is 3.24. The van der Waals surface area contributed by atoms with E-state index in [-0.39, 0.29) is 24.0 Å². The second kappa shape index (κ2) is 12.2. The molecule has 0 amide bonds. The second-order valence-electron chi connectivity index (χ2n) is 6.57. The third-order valence-corrected chi connectivity index (χ3v) is 5.60. The van der Waals surface area contributed by atoms with Gasteiger partial charge in [-0.2, -0.15) is 0 Å². The number of thiophene rings is 1. The Morgan fingerprint density at radius 2 is 2.00 bits per heavy atom. The van der Waals surface area contributed by atoms with Crippen LogP contribution in [0.25, 0.3) is 0 Å². The Morgan fingerprint density at radius 1 is 1.18 bits per heavy atom. The lowest BCUT2D eigenvalue weighted by Crippen LogP contribution is -2.46. The standard InChI is InChI=1S/C20H30N6S.HI/c1-3-21-20(24-16-18-6-5-13-27-18)23-15-17-7-8-22-19(14-17)26-11-9-25(4-2)10-12-26;/h5-8,13-14H,3-4,9-12,15-16H2,1-2H3,(H2,21,23,24);1H. The molecule has 1 fully saturated rings. The number of nitrogens with zero attached hydrogens (tertiary/aromatic N) is 4. The van der Waals surface area contributed by atoms with Gasteiger partial charge in [-0.3, -0.25) is 0 Å². The number of halogens is 1. The molecule has 0 unspecified atom stereocenters. The third-order valence-electron chi connectivity index (χ3n) is 4.73.